The number of ether oxygens (including phenoxy) is 1. The molecule has 0 heterocycles. The van der Waals surface area contributed by atoms with Crippen molar-refractivity contribution in [1.29, 1.82) is 0 Å². The summed E-state index contributed by atoms with van der Waals surface area (Å²) < 4.78 is 19.0. The molecule has 0 saturated heterocycles. The minimum Gasteiger partial charge on any atom is -0.454 e. The second kappa shape index (κ2) is 6.16. The third-order valence-electron chi connectivity index (χ3n) is 2.33. The zero-order valence-electron chi connectivity index (χ0n) is 9.85. The second-order valence-corrected chi connectivity index (χ2v) is 4.11. The van der Waals surface area contributed by atoms with Crippen molar-refractivity contribution in [3.63, 3.8) is 0 Å². The van der Waals surface area contributed by atoms with E-state index in [0.29, 0.717) is 11.3 Å². The van der Waals surface area contributed by atoms with E-state index in [1.807, 2.05) is 6.07 Å². The Balaban J connectivity index is 2.25. The molecule has 0 unspecified atom stereocenters. The van der Waals surface area contributed by atoms with Gasteiger partial charge in [-0.15, -0.1) is 0 Å². The SMILES string of the molecule is O=C(Cl)/C=C/c1ccc(F)c(Oc2ccccc2)c1. The molecule has 0 aliphatic carbocycles. The molecule has 0 radical (unpaired) electrons. The predicted molar refractivity (Wildman–Crippen MR) is 72.8 cm³/mol. The van der Waals surface area contributed by atoms with E-state index in [2.05, 4.69) is 0 Å². The first kappa shape index (κ1) is 13.3. The van der Waals surface area contributed by atoms with Crippen LogP contribution in [0.25, 0.3) is 6.08 Å². The monoisotopic (exact) mass is 276 g/mol. The van der Waals surface area contributed by atoms with Gasteiger partial charge in [0.05, 0.1) is 0 Å². The van der Waals surface area contributed by atoms with Gasteiger partial charge in [-0.1, -0.05) is 30.3 Å². The van der Waals surface area contributed by atoms with Crippen molar-refractivity contribution >= 4 is 22.9 Å². The fourth-order valence-corrected chi connectivity index (χ4v) is 1.54. The summed E-state index contributed by atoms with van der Waals surface area (Å²) in [7, 11) is 0. The van der Waals surface area contributed by atoms with Gasteiger partial charge in [-0.3, -0.25) is 4.79 Å². The summed E-state index contributed by atoms with van der Waals surface area (Å²) in [5.74, 6) is 0.157. The highest BCUT2D eigenvalue weighted by Gasteiger charge is 2.05. The van der Waals surface area contributed by atoms with E-state index in [1.165, 1.54) is 30.4 Å². The molecular weight excluding hydrogens is 267 g/mol. The molecule has 0 saturated carbocycles. The van der Waals surface area contributed by atoms with Crippen LogP contribution in [0.5, 0.6) is 11.5 Å². The third-order valence-corrected chi connectivity index (χ3v) is 2.46. The van der Waals surface area contributed by atoms with Crippen LogP contribution in [0.2, 0.25) is 0 Å². The van der Waals surface area contributed by atoms with E-state index in [0.717, 1.165) is 0 Å². The van der Waals surface area contributed by atoms with Gasteiger partial charge in [0, 0.05) is 0 Å². The van der Waals surface area contributed by atoms with Crippen molar-refractivity contribution < 1.29 is 13.9 Å². The molecule has 0 spiro atoms. The first-order valence-corrected chi connectivity index (χ1v) is 5.93. The van der Waals surface area contributed by atoms with E-state index < -0.39 is 11.1 Å². The van der Waals surface area contributed by atoms with Crippen molar-refractivity contribution in [1.82, 2.24) is 0 Å². The lowest BCUT2D eigenvalue weighted by Gasteiger charge is -2.07. The smallest absolute Gasteiger partial charge is 0.245 e. The average Bonchev–Trinajstić information content (AvgIpc) is 2.41. The normalized spacial score (nSPS) is 10.6. The van der Waals surface area contributed by atoms with Crippen LogP contribution >= 0.6 is 11.6 Å². The van der Waals surface area contributed by atoms with E-state index >= 15 is 0 Å². The van der Waals surface area contributed by atoms with Gasteiger partial charge in [0.25, 0.3) is 0 Å². The van der Waals surface area contributed by atoms with Crippen LogP contribution in [-0.4, -0.2) is 5.24 Å². The number of hydrogen-bond donors (Lipinski definition) is 0. The lowest BCUT2D eigenvalue weighted by atomic mass is 10.2. The molecule has 96 valence electrons. The Morgan fingerprint density at radius 2 is 1.89 bits per heavy atom. The first-order valence-electron chi connectivity index (χ1n) is 5.55. The number of rotatable bonds is 4. The van der Waals surface area contributed by atoms with Crippen LogP contribution in [0.3, 0.4) is 0 Å². The van der Waals surface area contributed by atoms with Gasteiger partial charge >= 0.3 is 0 Å². The summed E-state index contributed by atoms with van der Waals surface area (Å²) in [6.07, 6.45) is 2.69. The Morgan fingerprint density at radius 1 is 1.16 bits per heavy atom. The van der Waals surface area contributed by atoms with Crippen LogP contribution in [-0.2, 0) is 4.79 Å². The van der Waals surface area contributed by atoms with E-state index in [9.17, 15) is 9.18 Å². The van der Waals surface area contributed by atoms with Crippen LogP contribution in [0.4, 0.5) is 4.39 Å². The molecule has 2 rings (SSSR count). The minimum absolute atomic E-state index is 0.0929. The summed E-state index contributed by atoms with van der Waals surface area (Å²) in [6, 6.07) is 13.2. The number of halogens is 2. The number of carbonyl (C=O) groups is 1. The van der Waals surface area contributed by atoms with Crippen molar-refractivity contribution in [2.45, 2.75) is 0 Å². The Morgan fingerprint density at radius 3 is 2.58 bits per heavy atom. The lowest BCUT2D eigenvalue weighted by Crippen LogP contribution is -1.89. The fourth-order valence-electron chi connectivity index (χ4n) is 1.48. The quantitative estimate of drug-likeness (QED) is 0.611. The molecular formula is C15H10ClFO2. The summed E-state index contributed by atoms with van der Waals surface area (Å²) in [6.45, 7) is 0. The van der Waals surface area contributed by atoms with E-state index in [1.54, 1.807) is 24.3 Å². The number of para-hydroxylation sites is 1. The lowest BCUT2D eigenvalue weighted by molar-refractivity contribution is -0.107. The highest BCUT2D eigenvalue weighted by molar-refractivity contribution is 6.66. The maximum absolute atomic E-state index is 13.6. The highest BCUT2D eigenvalue weighted by atomic mass is 35.5. The van der Waals surface area contributed by atoms with Gasteiger partial charge in [-0.25, -0.2) is 4.39 Å². The van der Waals surface area contributed by atoms with E-state index in [4.69, 9.17) is 16.3 Å². The topological polar surface area (TPSA) is 26.3 Å². The molecule has 0 aliphatic heterocycles. The maximum atomic E-state index is 13.6. The number of hydrogen-bond acceptors (Lipinski definition) is 2. The van der Waals surface area contributed by atoms with Crippen LogP contribution in [0.1, 0.15) is 5.56 Å². The third kappa shape index (κ3) is 3.93. The average molecular weight is 277 g/mol. The summed E-state index contributed by atoms with van der Waals surface area (Å²) >= 11 is 5.20. The number of carbonyl (C=O) groups excluding carboxylic acids is 1. The molecule has 4 heteroatoms. The Labute approximate surface area is 115 Å². The Bertz CT molecular complexity index is 609. The Kier molecular flexibility index (Phi) is 4.31. The van der Waals surface area contributed by atoms with Gasteiger partial charge in [0.15, 0.2) is 11.6 Å². The van der Waals surface area contributed by atoms with Crippen molar-refractivity contribution in [2.75, 3.05) is 0 Å². The van der Waals surface area contributed by atoms with Crippen LogP contribution < -0.4 is 4.74 Å². The summed E-state index contributed by atoms with van der Waals surface area (Å²) in [5.41, 5.74) is 0.626. The van der Waals surface area contributed by atoms with Crippen molar-refractivity contribution in [3.05, 3.63) is 66.0 Å². The zero-order valence-corrected chi connectivity index (χ0v) is 10.6. The predicted octanol–water partition coefficient (Wildman–Crippen LogP) is 4.40. The van der Waals surface area contributed by atoms with Crippen LogP contribution in [0, 0.1) is 5.82 Å². The number of allylic oxidation sites excluding steroid dienone is 1. The summed E-state index contributed by atoms with van der Waals surface area (Å²) in [5, 5.41) is -0.588. The molecule has 0 aliphatic rings. The molecule has 0 bridgehead atoms. The summed E-state index contributed by atoms with van der Waals surface area (Å²) in [4.78, 5) is 10.6. The standard InChI is InChI=1S/C15H10ClFO2/c16-15(18)9-7-11-6-8-13(17)14(10-11)19-12-4-2-1-3-5-12/h1-10H/b9-7+. The van der Waals surface area contributed by atoms with Gasteiger partial charge in [-0.2, -0.15) is 0 Å². The second-order valence-electron chi connectivity index (χ2n) is 3.74. The molecule has 2 aromatic rings. The fraction of sp³-hybridized carbons (Fsp3) is 0. The number of benzene rings is 2. The van der Waals surface area contributed by atoms with Gasteiger partial charge in [0.1, 0.15) is 5.75 Å². The first-order chi connectivity index (χ1) is 9.15. The molecule has 0 atom stereocenters. The molecule has 2 nitrogen and oxygen atoms in total. The van der Waals surface area contributed by atoms with Crippen molar-refractivity contribution in [2.24, 2.45) is 0 Å². The largest absolute Gasteiger partial charge is 0.454 e. The Hall–Kier alpha value is -2.13. The molecule has 0 aromatic heterocycles. The van der Waals surface area contributed by atoms with Gasteiger partial charge < -0.3 is 4.74 Å². The maximum Gasteiger partial charge on any atom is 0.245 e. The molecule has 0 fully saturated rings. The molecule has 0 N–H and O–H groups in total. The van der Waals surface area contributed by atoms with Gasteiger partial charge in [-0.05, 0) is 47.5 Å². The van der Waals surface area contributed by atoms with Crippen LogP contribution in [0.15, 0.2) is 54.6 Å². The minimum atomic E-state index is -0.588. The molecule has 0 amide bonds. The van der Waals surface area contributed by atoms with Crippen molar-refractivity contribution in [3.8, 4) is 11.5 Å². The van der Waals surface area contributed by atoms with Gasteiger partial charge in [0.2, 0.25) is 5.24 Å². The molecule has 2 aromatic carbocycles. The molecule has 19 heavy (non-hydrogen) atoms. The van der Waals surface area contributed by atoms with E-state index in [-0.39, 0.29) is 5.75 Å². The zero-order chi connectivity index (χ0) is 13.7. The highest BCUT2D eigenvalue weighted by Crippen LogP contribution is 2.25.